The molecule has 0 N–H and O–H groups in total. The van der Waals surface area contributed by atoms with Gasteiger partial charge >= 0.3 is 0 Å². The van der Waals surface area contributed by atoms with Crippen LogP contribution in [0, 0.1) is 11.6 Å². The first-order valence-electron chi connectivity index (χ1n) is 5.56. The average Bonchev–Trinajstić information content (AvgIpc) is 2.38. The SMILES string of the molecule is O=C(C(Cl)c1c(F)cccc1F)N1CCOCC1. The Morgan fingerprint density at radius 2 is 1.83 bits per heavy atom. The van der Waals surface area contributed by atoms with Crippen LogP contribution >= 0.6 is 11.6 Å². The van der Waals surface area contributed by atoms with Gasteiger partial charge in [-0.25, -0.2) is 8.78 Å². The normalized spacial score (nSPS) is 17.6. The van der Waals surface area contributed by atoms with Crippen LogP contribution in [-0.2, 0) is 9.53 Å². The summed E-state index contributed by atoms with van der Waals surface area (Å²) in [6, 6.07) is 3.40. The Bertz CT molecular complexity index is 429. The molecule has 1 fully saturated rings. The predicted molar refractivity (Wildman–Crippen MR) is 62.4 cm³/mol. The van der Waals surface area contributed by atoms with Crippen LogP contribution < -0.4 is 0 Å². The van der Waals surface area contributed by atoms with Crippen molar-refractivity contribution in [2.45, 2.75) is 5.38 Å². The molecule has 98 valence electrons. The Balaban J connectivity index is 2.19. The number of rotatable bonds is 2. The summed E-state index contributed by atoms with van der Waals surface area (Å²) in [6.45, 7) is 1.60. The summed E-state index contributed by atoms with van der Waals surface area (Å²) < 4.78 is 32.1. The van der Waals surface area contributed by atoms with Crippen molar-refractivity contribution in [3.05, 3.63) is 35.4 Å². The first-order valence-corrected chi connectivity index (χ1v) is 5.99. The molecule has 0 bridgehead atoms. The molecule has 1 unspecified atom stereocenters. The molecule has 2 rings (SSSR count). The number of hydrogen-bond donors (Lipinski definition) is 0. The van der Waals surface area contributed by atoms with E-state index in [0.717, 1.165) is 12.1 Å². The monoisotopic (exact) mass is 275 g/mol. The second-order valence-electron chi connectivity index (χ2n) is 3.94. The first kappa shape index (κ1) is 13.2. The Morgan fingerprint density at radius 3 is 2.39 bits per heavy atom. The second kappa shape index (κ2) is 5.63. The molecule has 1 amide bonds. The van der Waals surface area contributed by atoms with Crippen LogP contribution in [0.5, 0.6) is 0 Å². The third-order valence-electron chi connectivity index (χ3n) is 2.79. The lowest BCUT2D eigenvalue weighted by molar-refractivity contribution is -0.135. The molecular formula is C12H12ClF2NO2. The molecule has 3 nitrogen and oxygen atoms in total. The van der Waals surface area contributed by atoms with E-state index in [0.29, 0.717) is 26.3 Å². The Kier molecular flexibility index (Phi) is 4.14. The van der Waals surface area contributed by atoms with Gasteiger partial charge in [0.1, 0.15) is 17.0 Å². The van der Waals surface area contributed by atoms with E-state index in [-0.39, 0.29) is 0 Å². The maximum absolute atomic E-state index is 13.5. The largest absolute Gasteiger partial charge is 0.378 e. The molecule has 1 aromatic rings. The van der Waals surface area contributed by atoms with Crippen LogP contribution in [0.1, 0.15) is 10.9 Å². The van der Waals surface area contributed by atoms with Gasteiger partial charge in [0, 0.05) is 13.1 Å². The number of ether oxygens (including phenoxy) is 1. The molecule has 1 saturated heterocycles. The Labute approximate surface area is 108 Å². The first-order chi connectivity index (χ1) is 8.61. The molecule has 0 aliphatic carbocycles. The molecular weight excluding hydrogens is 264 g/mol. The lowest BCUT2D eigenvalue weighted by Crippen LogP contribution is -2.42. The van der Waals surface area contributed by atoms with Crippen molar-refractivity contribution in [1.29, 1.82) is 0 Å². The minimum absolute atomic E-state index is 0.387. The number of morpholine rings is 1. The van der Waals surface area contributed by atoms with Crippen molar-refractivity contribution in [3.8, 4) is 0 Å². The van der Waals surface area contributed by atoms with Gasteiger partial charge in [-0.3, -0.25) is 4.79 Å². The third-order valence-corrected chi connectivity index (χ3v) is 3.20. The maximum Gasteiger partial charge on any atom is 0.245 e. The van der Waals surface area contributed by atoms with Gasteiger partial charge < -0.3 is 9.64 Å². The van der Waals surface area contributed by atoms with Gasteiger partial charge in [0.25, 0.3) is 0 Å². The number of halogens is 3. The summed E-state index contributed by atoms with van der Waals surface area (Å²) in [5.41, 5.74) is -0.393. The minimum atomic E-state index is -1.34. The van der Waals surface area contributed by atoms with Crippen LogP contribution in [0.15, 0.2) is 18.2 Å². The molecule has 0 aromatic heterocycles. The molecule has 1 atom stereocenters. The van der Waals surface area contributed by atoms with Crippen LogP contribution in [0.2, 0.25) is 0 Å². The predicted octanol–water partition coefficient (Wildman–Crippen LogP) is 2.10. The summed E-state index contributed by atoms with van der Waals surface area (Å²) in [4.78, 5) is 13.5. The summed E-state index contributed by atoms with van der Waals surface area (Å²) in [7, 11) is 0. The number of carbonyl (C=O) groups is 1. The van der Waals surface area contributed by atoms with Crippen LogP contribution in [0.4, 0.5) is 8.78 Å². The number of carbonyl (C=O) groups excluding carboxylic acids is 1. The van der Waals surface area contributed by atoms with Gasteiger partial charge in [0.2, 0.25) is 5.91 Å². The van der Waals surface area contributed by atoms with Gasteiger partial charge in [-0.05, 0) is 12.1 Å². The highest BCUT2D eigenvalue weighted by Crippen LogP contribution is 2.28. The molecule has 1 heterocycles. The van der Waals surface area contributed by atoms with Gasteiger partial charge in [-0.15, -0.1) is 11.6 Å². The number of alkyl halides is 1. The molecule has 0 saturated carbocycles. The van der Waals surface area contributed by atoms with E-state index in [1.807, 2.05) is 0 Å². The molecule has 0 spiro atoms. The average molecular weight is 276 g/mol. The standard InChI is InChI=1S/C12H12ClF2NO2/c13-11(10-8(14)2-1-3-9(10)15)12(17)16-4-6-18-7-5-16/h1-3,11H,4-7H2. The zero-order valence-electron chi connectivity index (χ0n) is 9.54. The summed E-state index contributed by atoms with van der Waals surface area (Å²) in [5.74, 6) is -2.11. The van der Waals surface area contributed by atoms with Crippen molar-refractivity contribution in [2.24, 2.45) is 0 Å². The van der Waals surface area contributed by atoms with E-state index in [9.17, 15) is 13.6 Å². The number of benzene rings is 1. The van der Waals surface area contributed by atoms with E-state index in [2.05, 4.69) is 0 Å². The van der Waals surface area contributed by atoms with Crippen LogP contribution in [-0.4, -0.2) is 37.1 Å². The van der Waals surface area contributed by atoms with Crippen molar-refractivity contribution in [1.82, 2.24) is 4.90 Å². The van der Waals surface area contributed by atoms with E-state index in [1.54, 1.807) is 0 Å². The Morgan fingerprint density at radius 1 is 1.28 bits per heavy atom. The van der Waals surface area contributed by atoms with Gasteiger partial charge in [0.15, 0.2) is 0 Å². The second-order valence-corrected chi connectivity index (χ2v) is 4.37. The highest BCUT2D eigenvalue weighted by molar-refractivity contribution is 6.30. The smallest absolute Gasteiger partial charge is 0.245 e. The molecule has 0 radical (unpaired) electrons. The van der Waals surface area contributed by atoms with Crippen molar-refractivity contribution < 1.29 is 18.3 Å². The fraction of sp³-hybridized carbons (Fsp3) is 0.417. The fourth-order valence-corrected chi connectivity index (χ4v) is 2.17. The van der Waals surface area contributed by atoms with Crippen molar-refractivity contribution >= 4 is 17.5 Å². The molecule has 18 heavy (non-hydrogen) atoms. The number of hydrogen-bond acceptors (Lipinski definition) is 2. The fourth-order valence-electron chi connectivity index (χ4n) is 1.82. The van der Waals surface area contributed by atoms with Crippen molar-refractivity contribution in [3.63, 3.8) is 0 Å². The maximum atomic E-state index is 13.5. The van der Waals surface area contributed by atoms with E-state index in [1.165, 1.54) is 11.0 Å². The van der Waals surface area contributed by atoms with Crippen molar-refractivity contribution in [2.75, 3.05) is 26.3 Å². The highest BCUT2D eigenvalue weighted by Gasteiger charge is 2.29. The topological polar surface area (TPSA) is 29.5 Å². The lowest BCUT2D eigenvalue weighted by atomic mass is 10.1. The zero-order chi connectivity index (χ0) is 13.1. The summed E-state index contributed by atoms with van der Waals surface area (Å²) in [6.07, 6.45) is 0. The summed E-state index contributed by atoms with van der Waals surface area (Å²) >= 11 is 5.89. The van der Waals surface area contributed by atoms with E-state index in [4.69, 9.17) is 16.3 Å². The van der Waals surface area contributed by atoms with Crippen LogP contribution in [0.25, 0.3) is 0 Å². The molecule has 1 aliphatic rings. The van der Waals surface area contributed by atoms with Gasteiger partial charge in [-0.2, -0.15) is 0 Å². The van der Waals surface area contributed by atoms with Crippen LogP contribution in [0.3, 0.4) is 0 Å². The van der Waals surface area contributed by atoms with Gasteiger partial charge in [0.05, 0.1) is 18.8 Å². The quantitative estimate of drug-likeness (QED) is 0.774. The lowest BCUT2D eigenvalue weighted by Gasteiger charge is -2.28. The minimum Gasteiger partial charge on any atom is -0.378 e. The molecule has 1 aromatic carbocycles. The van der Waals surface area contributed by atoms with Gasteiger partial charge in [-0.1, -0.05) is 6.07 Å². The van der Waals surface area contributed by atoms with E-state index < -0.39 is 28.5 Å². The summed E-state index contributed by atoms with van der Waals surface area (Å²) in [5, 5.41) is -1.34. The highest BCUT2D eigenvalue weighted by atomic mass is 35.5. The Hall–Kier alpha value is -1.20. The third kappa shape index (κ3) is 2.62. The van der Waals surface area contributed by atoms with E-state index >= 15 is 0 Å². The molecule has 1 aliphatic heterocycles. The molecule has 6 heteroatoms. The number of amides is 1. The number of nitrogens with zero attached hydrogens (tertiary/aromatic N) is 1. The zero-order valence-corrected chi connectivity index (χ0v) is 10.3.